The number of pyridine rings is 1. The molecule has 0 atom stereocenters. The number of aromatic nitrogens is 2. The topological polar surface area (TPSA) is 68.5 Å². The van der Waals surface area contributed by atoms with Gasteiger partial charge in [0.2, 0.25) is 0 Å². The van der Waals surface area contributed by atoms with Gasteiger partial charge in [-0.3, -0.25) is 4.79 Å². The van der Waals surface area contributed by atoms with Gasteiger partial charge < -0.3 is 14.2 Å². The van der Waals surface area contributed by atoms with Crippen LogP contribution in [-0.2, 0) is 12.2 Å². The van der Waals surface area contributed by atoms with Crippen molar-refractivity contribution in [3.8, 4) is 5.75 Å². The van der Waals surface area contributed by atoms with E-state index in [4.69, 9.17) is 9.26 Å². The number of fused-ring (bicyclic) bond motifs is 1. The van der Waals surface area contributed by atoms with Gasteiger partial charge in [0.1, 0.15) is 16.5 Å². The zero-order valence-electron chi connectivity index (χ0n) is 15.8. The maximum atomic E-state index is 13.4. The average molecular weight is 395 g/mol. The van der Waals surface area contributed by atoms with Crippen LogP contribution in [0.15, 0.2) is 52.1 Å². The Labute approximate surface area is 167 Å². The number of carbonyl (C=O) groups is 1. The summed E-state index contributed by atoms with van der Waals surface area (Å²) in [4.78, 5) is 19.6. The molecule has 0 saturated heterocycles. The molecule has 7 heteroatoms. The Balaban J connectivity index is 1.59. The van der Waals surface area contributed by atoms with Gasteiger partial charge in [0, 0.05) is 30.2 Å². The third kappa shape index (κ3) is 3.75. The van der Waals surface area contributed by atoms with Gasteiger partial charge in [0.05, 0.1) is 18.4 Å². The Bertz CT molecular complexity index is 1000. The number of carbonyl (C=O) groups excluding carboxylic acids is 1. The summed E-state index contributed by atoms with van der Waals surface area (Å²) in [7, 11) is 1.66. The number of anilines is 1. The lowest BCUT2D eigenvalue weighted by Gasteiger charge is -2.30. The number of thioether (sulfide) groups is 1. The molecule has 3 aromatic rings. The Morgan fingerprint density at radius 1 is 1.32 bits per heavy atom. The highest BCUT2D eigenvalue weighted by molar-refractivity contribution is 7.98. The summed E-state index contributed by atoms with van der Waals surface area (Å²) in [6.07, 6.45) is 3.57. The van der Waals surface area contributed by atoms with E-state index in [1.165, 1.54) is 11.8 Å². The normalized spacial score (nSPS) is 13.3. The highest BCUT2D eigenvalue weighted by Gasteiger charge is 2.26. The second kappa shape index (κ2) is 8.06. The number of methoxy groups -OCH3 is 1. The predicted molar refractivity (Wildman–Crippen MR) is 108 cm³/mol. The van der Waals surface area contributed by atoms with Crippen LogP contribution in [-0.4, -0.2) is 29.7 Å². The number of rotatable bonds is 5. The van der Waals surface area contributed by atoms with Crippen LogP contribution in [0.2, 0.25) is 0 Å². The SMILES string of the molecule is COc1ccc2c(c1)CCCN2C(=O)c1cccnc1SCc1cc(C)on1. The first-order valence-corrected chi connectivity index (χ1v) is 10.1. The lowest BCUT2D eigenvalue weighted by Crippen LogP contribution is -2.35. The fourth-order valence-electron chi connectivity index (χ4n) is 3.35. The van der Waals surface area contributed by atoms with Crippen molar-refractivity contribution < 1.29 is 14.1 Å². The van der Waals surface area contributed by atoms with E-state index in [1.54, 1.807) is 19.4 Å². The molecule has 3 heterocycles. The molecule has 0 saturated carbocycles. The van der Waals surface area contributed by atoms with Crippen molar-refractivity contribution in [3.63, 3.8) is 0 Å². The summed E-state index contributed by atoms with van der Waals surface area (Å²) < 4.78 is 10.4. The van der Waals surface area contributed by atoms with Gasteiger partial charge in [0.25, 0.3) is 5.91 Å². The summed E-state index contributed by atoms with van der Waals surface area (Å²) in [6, 6.07) is 11.4. The van der Waals surface area contributed by atoms with Crippen LogP contribution in [0.3, 0.4) is 0 Å². The molecular weight excluding hydrogens is 374 g/mol. The second-order valence-corrected chi connectivity index (χ2v) is 7.59. The molecule has 0 bridgehead atoms. The molecule has 0 fully saturated rings. The Morgan fingerprint density at radius 2 is 2.21 bits per heavy atom. The predicted octanol–water partition coefficient (Wildman–Crippen LogP) is 4.27. The van der Waals surface area contributed by atoms with Gasteiger partial charge in [-0.1, -0.05) is 16.9 Å². The van der Waals surface area contributed by atoms with Crippen molar-refractivity contribution in [1.29, 1.82) is 0 Å². The average Bonchev–Trinajstić information content (AvgIpc) is 3.16. The number of hydrogen-bond donors (Lipinski definition) is 0. The minimum absolute atomic E-state index is 0.0296. The lowest BCUT2D eigenvalue weighted by atomic mass is 10.0. The Kier molecular flexibility index (Phi) is 5.34. The fraction of sp³-hybridized carbons (Fsp3) is 0.286. The summed E-state index contributed by atoms with van der Waals surface area (Å²) >= 11 is 1.49. The van der Waals surface area contributed by atoms with Crippen molar-refractivity contribution in [2.75, 3.05) is 18.6 Å². The van der Waals surface area contributed by atoms with Crippen molar-refractivity contribution in [1.82, 2.24) is 10.1 Å². The van der Waals surface area contributed by atoms with Crippen LogP contribution in [0.4, 0.5) is 5.69 Å². The van der Waals surface area contributed by atoms with Gasteiger partial charge >= 0.3 is 0 Å². The zero-order chi connectivity index (χ0) is 19.5. The monoisotopic (exact) mass is 395 g/mol. The molecule has 0 spiro atoms. The number of ether oxygens (including phenoxy) is 1. The van der Waals surface area contributed by atoms with E-state index in [2.05, 4.69) is 10.1 Å². The van der Waals surface area contributed by atoms with E-state index in [9.17, 15) is 4.79 Å². The van der Waals surface area contributed by atoms with Gasteiger partial charge in [0.15, 0.2) is 0 Å². The maximum Gasteiger partial charge on any atom is 0.261 e. The first-order valence-electron chi connectivity index (χ1n) is 9.14. The molecule has 28 heavy (non-hydrogen) atoms. The van der Waals surface area contributed by atoms with E-state index >= 15 is 0 Å². The van der Waals surface area contributed by atoms with Crippen molar-refractivity contribution in [3.05, 3.63) is 65.2 Å². The summed E-state index contributed by atoms with van der Waals surface area (Å²) in [5, 5.41) is 4.71. The Morgan fingerprint density at radius 3 is 3.00 bits per heavy atom. The highest BCUT2D eigenvalue weighted by atomic mass is 32.2. The molecule has 1 aliphatic rings. The third-order valence-corrected chi connectivity index (χ3v) is 5.72. The molecule has 0 N–H and O–H groups in total. The molecule has 144 valence electrons. The molecule has 0 aliphatic carbocycles. The fourth-order valence-corrected chi connectivity index (χ4v) is 4.22. The molecule has 6 nitrogen and oxygen atoms in total. The minimum Gasteiger partial charge on any atom is -0.497 e. The molecule has 2 aromatic heterocycles. The minimum atomic E-state index is -0.0296. The lowest BCUT2D eigenvalue weighted by molar-refractivity contribution is 0.0981. The van der Waals surface area contributed by atoms with Crippen LogP contribution >= 0.6 is 11.8 Å². The van der Waals surface area contributed by atoms with Crippen LogP contribution in [0.5, 0.6) is 5.75 Å². The molecule has 0 unspecified atom stereocenters. The highest BCUT2D eigenvalue weighted by Crippen LogP contribution is 2.33. The maximum absolute atomic E-state index is 13.4. The van der Waals surface area contributed by atoms with Gasteiger partial charge in [-0.15, -0.1) is 0 Å². The largest absolute Gasteiger partial charge is 0.497 e. The van der Waals surface area contributed by atoms with Crippen LogP contribution in [0, 0.1) is 6.92 Å². The van der Waals surface area contributed by atoms with Gasteiger partial charge in [-0.05, 0) is 55.7 Å². The number of aryl methyl sites for hydroxylation is 2. The molecule has 1 amide bonds. The number of nitrogens with zero attached hydrogens (tertiary/aromatic N) is 3. The van der Waals surface area contributed by atoms with Crippen molar-refractivity contribution >= 4 is 23.4 Å². The van der Waals surface area contributed by atoms with E-state index in [1.807, 2.05) is 42.2 Å². The van der Waals surface area contributed by atoms with E-state index in [-0.39, 0.29) is 5.91 Å². The van der Waals surface area contributed by atoms with E-state index in [0.29, 0.717) is 22.9 Å². The van der Waals surface area contributed by atoms with Crippen LogP contribution in [0.25, 0.3) is 0 Å². The third-order valence-electron chi connectivity index (χ3n) is 4.69. The summed E-state index contributed by atoms with van der Waals surface area (Å²) in [6.45, 7) is 2.55. The molecular formula is C21H21N3O3S. The van der Waals surface area contributed by atoms with Crippen molar-refractivity contribution in [2.24, 2.45) is 0 Å². The standard InChI is InChI=1S/C21H21N3O3S/c1-14-11-16(23-27-14)13-28-20-18(6-3-9-22-20)21(25)24-10-4-5-15-12-17(26-2)7-8-19(15)24/h3,6-9,11-12H,4-5,10,13H2,1-2H3. The van der Waals surface area contributed by atoms with Crippen LogP contribution in [0.1, 0.15) is 33.8 Å². The summed E-state index contributed by atoms with van der Waals surface area (Å²) in [5.41, 5.74) is 3.53. The Hall–Kier alpha value is -2.80. The first-order chi connectivity index (χ1) is 13.7. The van der Waals surface area contributed by atoms with Gasteiger partial charge in [-0.2, -0.15) is 0 Å². The molecule has 0 radical (unpaired) electrons. The van der Waals surface area contributed by atoms with Crippen molar-refractivity contribution in [2.45, 2.75) is 30.5 Å². The summed E-state index contributed by atoms with van der Waals surface area (Å²) in [5.74, 6) is 2.16. The second-order valence-electron chi connectivity index (χ2n) is 6.63. The number of benzene rings is 1. The molecule has 1 aromatic carbocycles. The zero-order valence-corrected chi connectivity index (χ0v) is 16.7. The number of amides is 1. The molecule has 4 rings (SSSR count). The number of hydrogen-bond acceptors (Lipinski definition) is 6. The van der Waals surface area contributed by atoms with E-state index in [0.717, 1.165) is 41.3 Å². The smallest absolute Gasteiger partial charge is 0.261 e. The first kappa shape index (κ1) is 18.6. The van der Waals surface area contributed by atoms with Crippen LogP contribution < -0.4 is 9.64 Å². The van der Waals surface area contributed by atoms with Gasteiger partial charge in [-0.25, -0.2) is 4.98 Å². The molecule has 1 aliphatic heterocycles. The quantitative estimate of drug-likeness (QED) is 0.601. The van der Waals surface area contributed by atoms with E-state index < -0.39 is 0 Å².